The molecule has 2 N–H and O–H groups in total. The van der Waals surface area contributed by atoms with Gasteiger partial charge in [0.05, 0.1) is 25.5 Å². The molecule has 0 aliphatic carbocycles. The normalized spacial score (nSPS) is 10.1. The molecule has 3 aromatic rings. The highest BCUT2D eigenvalue weighted by molar-refractivity contribution is 6.12. The summed E-state index contributed by atoms with van der Waals surface area (Å²) in [6.07, 6.45) is 1.58. The largest absolute Gasteiger partial charge is 0.493 e. The van der Waals surface area contributed by atoms with E-state index < -0.39 is 0 Å². The van der Waals surface area contributed by atoms with Crippen LogP contribution in [0.2, 0.25) is 0 Å². The number of methoxy groups -OCH3 is 2. The Morgan fingerprint density at radius 2 is 1.57 bits per heavy atom. The minimum Gasteiger partial charge on any atom is -0.493 e. The lowest BCUT2D eigenvalue weighted by Crippen LogP contribution is -2.18. The first-order chi connectivity index (χ1) is 13.6. The van der Waals surface area contributed by atoms with E-state index in [4.69, 9.17) is 9.47 Å². The molecule has 0 aliphatic rings. The van der Waals surface area contributed by atoms with Gasteiger partial charge in [0, 0.05) is 11.8 Å². The number of amides is 2. The fourth-order valence-corrected chi connectivity index (χ4v) is 2.58. The minimum absolute atomic E-state index is 0.321. The van der Waals surface area contributed by atoms with Crippen LogP contribution in [0.3, 0.4) is 0 Å². The van der Waals surface area contributed by atoms with Crippen molar-refractivity contribution >= 4 is 23.3 Å². The van der Waals surface area contributed by atoms with Gasteiger partial charge in [-0.25, -0.2) is 4.98 Å². The average molecular weight is 377 g/mol. The highest BCUT2D eigenvalue weighted by Gasteiger charge is 2.16. The Balaban J connectivity index is 1.81. The molecule has 0 atom stereocenters. The van der Waals surface area contributed by atoms with Crippen molar-refractivity contribution in [3.05, 3.63) is 78.0 Å². The third-order valence-electron chi connectivity index (χ3n) is 3.97. The lowest BCUT2D eigenvalue weighted by atomic mass is 10.1. The molecule has 7 heteroatoms. The summed E-state index contributed by atoms with van der Waals surface area (Å²) in [5.41, 5.74) is 1.08. The molecule has 2 aromatic carbocycles. The van der Waals surface area contributed by atoms with Crippen molar-refractivity contribution in [2.75, 3.05) is 24.9 Å². The maximum atomic E-state index is 12.7. The zero-order valence-corrected chi connectivity index (χ0v) is 15.4. The van der Waals surface area contributed by atoms with Gasteiger partial charge in [0.2, 0.25) is 0 Å². The van der Waals surface area contributed by atoms with Crippen molar-refractivity contribution in [2.45, 2.75) is 0 Å². The zero-order valence-electron chi connectivity index (χ0n) is 15.4. The average Bonchev–Trinajstić information content (AvgIpc) is 2.74. The number of hydrogen-bond donors (Lipinski definition) is 2. The van der Waals surface area contributed by atoms with E-state index in [1.165, 1.54) is 14.2 Å². The van der Waals surface area contributed by atoms with Crippen molar-refractivity contribution < 1.29 is 19.1 Å². The number of carbonyl (C=O) groups is 2. The second-order valence-corrected chi connectivity index (χ2v) is 5.74. The maximum Gasteiger partial charge on any atom is 0.258 e. The van der Waals surface area contributed by atoms with Gasteiger partial charge in [-0.3, -0.25) is 9.59 Å². The van der Waals surface area contributed by atoms with Crippen molar-refractivity contribution in [3.8, 4) is 11.5 Å². The van der Waals surface area contributed by atoms with E-state index in [0.717, 1.165) is 0 Å². The number of benzene rings is 2. The highest BCUT2D eigenvalue weighted by Crippen LogP contribution is 2.28. The quantitative estimate of drug-likeness (QED) is 0.685. The zero-order chi connectivity index (χ0) is 19.9. The Morgan fingerprint density at radius 3 is 2.29 bits per heavy atom. The van der Waals surface area contributed by atoms with E-state index in [0.29, 0.717) is 34.1 Å². The van der Waals surface area contributed by atoms with Crippen LogP contribution < -0.4 is 20.1 Å². The number of carbonyl (C=O) groups excluding carboxylic acids is 2. The van der Waals surface area contributed by atoms with E-state index >= 15 is 0 Å². The molecule has 0 unspecified atom stereocenters. The van der Waals surface area contributed by atoms with Gasteiger partial charge in [0.25, 0.3) is 11.8 Å². The van der Waals surface area contributed by atoms with Gasteiger partial charge in [-0.05, 0) is 42.5 Å². The molecule has 0 saturated heterocycles. The van der Waals surface area contributed by atoms with E-state index in [9.17, 15) is 9.59 Å². The van der Waals surface area contributed by atoms with Gasteiger partial charge in [-0.1, -0.05) is 18.2 Å². The molecule has 0 bridgehead atoms. The van der Waals surface area contributed by atoms with Crippen LogP contribution in [-0.2, 0) is 0 Å². The fraction of sp³-hybridized carbons (Fsp3) is 0.0952. The van der Waals surface area contributed by atoms with E-state index in [1.54, 1.807) is 66.9 Å². The van der Waals surface area contributed by atoms with Crippen molar-refractivity contribution in [3.63, 3.8) is 0 Å². The lowest BCUT2D eigenvalue weighted by Gasteiger charge is -2.12. The maximum absolute atomic E-state index is 12.7. The Kier molecular flexibility index (Phi) is 5.86. The van der Waals surface area contributed by atoms with E-state index in [-0.39, 0.29) is 11.8 Å². The third-order valence-corrected chi connectivity index (χ3v) is 3.97. The Hall–Kier alpha value is -3.87. The summed E-state index contributed by atoms with van der Waals surface area (Å²) < 4.78 is 10.4. The molecule has 28 heavy (non-hydrogen) atoms. The van der Waals surface area contributed by atoms with Crippen molar-refractivity contribution in [1.29, 1.82) is 0 Å². The Labute approximate surface area is 162 Å². The number of pyridine rings is 1. The van der Waals surface area contributed by atoms with Gasteiger partial charge in [0.15, 0.2) is 11.5 Å². The number of aromatic nitrogens is 1. The van der Waals surface area contributed by atoms with Crippen LogP contribution in [0.4, 0.5) is 11.5 Å². The van der Waals surface area contributed by atoms with Crippen LogP contribution in [0.5, 0.6) is 11.5 Å². The van der Waals surface area contributed by atoms with Crippen LogP contribution in [0.1, 0.15) is 20.7 Å². The van der Waals surface area contributed by atoms with Gasteiger partial charge >= 0.3 is 0 Å². The van der Waals surface area contributed by atoms with Gasteiger partial charge in [-0.15, -0.1) is 0 Å². The molecule has 1 aromatic heterocycles. The summed E-state index contributed by atoms with van der Waals surface area (Å²) in [7, 11) is 3.02. The molecular weight excluding hydrogens is 358 g/mol. The summed E-state index contributed by atoms with van der Waals surface area (Å²) in [5, 5.41) is 5.47. The first kappa shape index (κ1) is 18.9. The van der Waals surface area contributed by atoms with Crippen LogP contribution in [0, 0.1) is 0 Å². The number of anilines is 2. The Morgan fingerprint density at radius 1 is 0.821 bits per heavy atom. The smallest absolute Gasteiger partial charge is 0.258 e. The second kappa shape index (κ2) is 8.68. The van der Waals surface area contributed by atoms with Gasteiger partial charge < -0.3 is 20.1 Å². The van der Waals surface area contributed by atoms with Gasteiger partial charge in [-0.2, -0.15) is 0 Å². The Bertz CT molecular complexity index is 990. The number of para-hydroxylation sites is 1. The van der Waals surface area contributed by atoms with Crippen molar-refractivity contribution in [2.24, 2.45) is 0 Å². The van der Waals surface area contributed by atoms with E-state index in [1.807, 2.05) is 0 Å². The van der Waals surface area contributed by atoms with Crippen LogP contribution >= 0.6 is 0 Å². The van der Waals surface area contributed by atoms with Crippen LogP contribution in [0.25, 0.3) is 0 Å². The summed E-state index contributed by atoms with van der Waals surface area (Å²) >= 11 is 0. The molecular formula is C21H19N3O4. The summed E-state index contributed by atoms with van der Waals surface area (Å²) in [5.74, 6) is 0.639. The molecule has 0 fully saturated rings. The van der Waals surface area contributed by atoms with Gasteiger partial charge in [0.1, 0.15) is 5.82 Å². The topological polar surface area (TPSA) is 89.5 Å². The molecule has 142 valence electrons. The number of hydrogen-bond acceptors (Lipinski definition) is 5. The predicted molar refractivity (Wildman–Crippen MR) is 106 cm³/mol. The lowest BCUT2D eigenvalue weighted by molar-refractivity contribution is 0.102. The van der Waals surface area contributed by atoms with E-state index in [2.05, 4.69) is 15.6 Å². The van der Waals surface area contributed by atoms with Crippen LogP contribution in [0.15, 0.2) is 66.9 Å². The molecule has 1 heterocycles. The van der Waals surface area contributed by atoms with Crippen LogP contribution in [-0.4, -0.2) is 31.0 Å². The SMILES string of the molecule is COc1ccc(C(=O)Nc2ccccc2C(=O)Nc2ccccn2)cc1OC. The monoisotopic (exact) mass is 377 g/mol. The summed E-state index contributed by atoms with van der Waals surface area (Å²) in [6.45, 7) is 0. The number of nitrogens with zero attached hydrogens (tertiary/aromatic N) is 1. The molecule has 0 aliphatic heterocycles. The summed E-state index contributed by atoms with van der Waals surface area (Å²) in [6, 6.07) is 16.8. The molecule has 0 saturated carbocycles. The minimum atomic E-state index is -0.376. The third kappa shape index (κ3) is 4.27. The fourth-order valence-electron chi connectivity index (χ4n) is 2.58. The predicted octanol–water partition coefficient (Wildman–Crippen LogP) is 3.60. The number of nitrogens with one attached hydrogen (secondary N) is 2. The summed E-state index contributed by atoms with van der Waals surface area (Å²) in [4.78, 5) is 29.3. The molecule has 7 nitrogen and oxygen atoms in total. The number of ether oxygens (including phenoxy) is 2. The first-order valence-electron chi connectivity index (χ1n) is 8.47. The standard InChI is InChI=1S/C21H19N3O4/c1-27-17-11-10-14(13-18(17)28-2)20(25)23-16-8-4-3-7-15(16)21(26)24-19-9-5-6-12-22-19/h3-13H,1-2H3,(H,23,25)(H,22,24,26). The number of rotatable bonds is 6. The molecule has 0 spiro atoms. The first-order valence-corrected chi connectivity index (χ1v) is 8.47. The molecule has 2 amide bonds. The second-order valence-electron chi connectivity index (χ2n) is 5.74. The molecule has 0 radical (unpaired) electrons. The molecule has 3 rings (SSSR count). The van der Waals surface area contributed by atoms with Crippen molar-refractivity contribution in [1.82, 2.24) is 4.98 Å². The highest BCUT2D eigenvalue weighted by atomic mass is 16.5.